The summed E-state index contributed by atoms with van der Waals surface area (Å²) in [6.07, 6.45) is 7.03. The highest BCUT2D eigenvalue weighted by Crippen LogP contribution is 2.30. The Labute approximate surface area is 160 Å². The zero-order valence-electron chi connectivity index (χ0n) is 15.8. The third-order valence-corrected chi connectivity index (χ3v) is 5.67. The summed E-state index contributed by atoms with van der Waals surface area (Å²) in [4.78, 5) is 26.1. The number of aryl methyl sites for hydroxylation is 1. The molecule has 1 amide bonds. The molecule has 2 aromatic rings. The van der Waals surface area contributed by atoms with Crippen LogP contribution in [0.25, 0.3) is 0 Å². The Morgan fingerprint density at radius 3 is 2.74 bits per heavy atom. The fourth-order valence-corrected chi connectivity index (χ4v) is 4.30. The van der Waals surface area contributed by atoms with Crippen molar-refractivity contribution in [1.82, 2.24) is 14.9 Å². The Hall–Kier alpha value is -2.63. The van der Waals surface area contributed by atoms with E-state index in [2.05, 4.69) is 19.8 Å². The average molecular weight is 366 g/mol. The van der Waals surface area contributed by atoms with E-state index in [1.54, 1.807) is 19.5 Å². The van der Waals surface area contributed by atoms with Gasteiger partial charge in [-0.3, -0.25) is 4.79 Å². The molecule has 3 aliphatic heterocycles. The van der Waals surface area contributed by atoms with Gasteiger partial charge >= 0.3 is 0 Å². The van der Waals surface area contributed by atoms with Crippen LogP contribution in [0.15, 0.2) is 42.7 Å². The van der Waals surface area contributed by atoms with Gasteiger partial charge in [0.05, 0.1) is 7.11 Å². The van der Waals surface area contributed by atoms with E-state index < -0.39 is 0 Å². The number of rotatable bonds is 5. The molecule has 6 nitrogen and oxygen atoms in total. The number of benzene rings is 1. The Bertz CT molecular complexity index is 783. The molecule has 0 saturated carbocycles. The fraction of sp³-hybridized carbons (Fsp3) is 0.476. The second-order valence-electron chi connectivity index (χ2n) is 7.41. The van der Waals surface area contributed by atoms with Crippen LogP contribution in [0.4, 0.5) is 5.95 Å². The molecule has 6 heteroatoms. The number of methoxy groups -OCH3 is 1. The number of aromatic nitrogens is 2. The molecule has 5 rings (SSSR count). The Morgan fingerprint density at radius 2 is 1.93 bits per heavy atom. The summed E-state index contributed by atoms with van der Waals surface area (Å²) in [6.45, 7) is 2.59. The van der Waals surface area contributed by atoms with Gasteiger partial charge in [0.15, 0.2) is 0 Å². The SMILES string of the molecule is COc1ccccc1CCC(=O)N1CC2CCC1CN(c1ncccn1)C2. The molecule has 3 fully saturated rings. The number of hydrogen-bond donors (Lipinski definition) is 0. The maximum atomic E-state index is 13.0. The molecule has 3 aliphatic rings. The topological polar surface area (TPSA) is 58.6 Å². The van der Waals surface area contributed by atoms with Crippen LogP contribution in [0.2, 0.25) is 0 Å². The number of amides is 1. The lowest BCUT2D eigenvalue weighted by atomic mass is 9.94. The highest BCUT2D eigenvalue weighted by molar-refractivity contribution is 5.77. The first-order valence-corrected chi connectivity index (χ1v) is 9.68. The molecule has 1 aromatic heterocycles. The molecule has 3 saturated heterocycles. The zero-order chi connectivity index (χ0) is 18.6. The summed E-state index contributed by atoms with van der Waals surface area (Å²) >= 11 is 0. The molecule has 2 bridgehead atoms. The van der Waals surface area contributed by atoms with Crippen LogP contribution in [0.1, 0.15) is 24.8 Å². The van der Waals surface area contributed by atoms with Crippen LogP contribution < -0.4 is 9.64 Å². The summed E-state index contributed by atoms with van der Waals surface area (Å²) < 4.78 is 5.41. The summed E-state index contributed by atoms with van der Waals surface area (Å²) in [6, 6.07) is 10.0. The third-order valence-electron chi connectivity index (χ3n) is 5.67. The smallest absolute Gasteiger partial charge is 0.225 e. The summed E-state index contributed by atoms with van der Waals surface area (Å²) in [5.41, 5.74) is 1.09. The lowest BCUT2D eigenvalue weighted by molar-refractivity contribution is -0.135. The van der Waals surface area contributed by atoms with Gasteiger partial charge in [0.25, 0.3) is 0 Å². The van der Waals surface area contributed by atoms with Crippen molar-refractivity contribution in [2.45, 2.75) is 31.7 Å². The second-order valence-corrected chi connectivity index (χ2v) is 7.41. The highest BCUT2D eigenvalue weighted by atomic mass is 16.5. The van der Waals surface area contributed by atoms with Crippen LogP contribution >= 0.6 is 0 Å². The molecule has 2 unspecified atom stereocenters. The van der Waals surface area contributed by atoms with Gasteiger partial charge in [-0.1, -0.05) is 18.2 Å². The van der Waals surface area contributed by atoms with Crippen molar-refractivity contribution in [3.63, 3.8) is 0 Å². The minimum Gasteiger partial charge on any atom is -0.496 e. The first-order chi connectivity index (χ1) is 13.2. The number of fused-ring (bicyclic) bond motifs is 4. The predicted molar refractivity (Wildman–Crippen MR) is 104 cm³/mol. The normalized spacial score (nSPS) is 21.8. The van der Waals surface area contributed by atoms with E-state index in [9.17, 15) is 4.79 Å². The molecule has 2 atom stereocenters. The van der Waals surface area contributed by atoms with E-state index in [1.807, 2.05) is 30.3 Å². The molecular formula is C21H26N4O2. The predicted octanol–water partition coefficient (Wildman–Crippen LogP) is 2.55. The minimum absolute atomic E-state index is 0.242. The number of hydrogen-bond acceptors (Lipinski definition) is 5. The summed E-state index contributed by atoms with van der Waals surface area (Å²) in [5, 5.41) is 0. The van der Waals surface area contributed by atoms with Crippen molar-refractivity contribution < 1.29 is 9.53 Å². The average Bonchev–Trinajstić information content (AvgIpc) is 3.05. The van der Waals surface area contributed by atoms with Crippen molar-refractivity contribution in [1.29, 1.82) is 0 Å². The van der Waals surface area contributed by atoms with Gasteiger partial charge in [-0.2, -0.15) is 0 Å². The maximum Gasteiger partial charge on any atom is 0.225 e. The molecule has 1 aromatic carbocycles. The lowest BCUT2D eigenvalue weighted by Gasteiger charge is -2.36. The van der Waals surface area contributed by atoms with Crippen LogP contribution in [-0.2, 0) is 11.2 Å². The van der Waals surface area contributed by atoms with Crippen LogP contribution in [0.5, 0.6) is 5.75 Å². The molecule has 0 radical (unpaired) electrons. The number of carbonyl (C=O) groups excluding carboxylic acids is 1. The molecule has 0 N–H and O–H groups in total. The van der Waals surface area contributed by atoms with Crippen molar-refractivity contribution in [3.8, 4) is 5.75 Å². The summed E-state index contributed by atoms with van der Waals surface area (Å²) in [7, 11) is 1.68. The van der Waals surface area contributed by atoms with Crippen LogP contribution in [0, 0.1) is 5.92 Å². The van der Waals surface area contributed by atoms with Crippen molar-refractivity contribution in [3.05, 3.63) is 48.3 Å². The first-order valence-electron chi connectivity index (χ1n) is 9.68. The Morgan fingerprint density at radius 1 is 1.11 bits per heavy atom. The van der Waals surface area contributed by atoms with Gasteiger partial charge < -0.3 is 14.5 Å². The first kappa shape index (κ1) is 17.8. The second kappa shape index (κ2) is 7.94. The van der Waals surface area contributed by atoms with Gasteiger partial charge in [-0.05, 0) is 42.9 Å². The Kier molecular flexibility index (Phi) is 5.23. The van der Waals surface area contributed by atoms with Gasteiger partial charge in [-0.15, -0.1) is 0 Å². The number of ether oxygens (including phenoxy) is 1. The van der Waals surface area contributed by atoms with Gasteiger partial charge in [0.2, 0.25) is 11.9 Å². The van der Waals surface area contributed by atoms with E-state index in [1.165, 1.54) is 6.42 Å². The quantitative estimate of drug-likeness (QED) is 0.814. The minimum atomic E-state index is 0.242. The Balaban J connectivity index is 1.43. The molecule has 0 aliphatic carbocycles. The standard InChI is InChI=1S/C21H26N4O2/c1-27-19-6-3-2-5-17(19)8-10-20(26)25-14-16-7-9-18(25)15-24(13-16)21-22-11-4-12-23-21/h2-6,11-12,16,18H,7-10,13-15H2,1H3. The lowest BCUT2D eigenvalue weighted by Crippen LogP contribution is -2.47. The fourth-order valence-electron chi connectivity index (χ4n) is 4.30. The van der Waals surface area contributed by atoms with E-state index in [0.29, 0.717) is 18.8 Å². The highest BCUT2D eigenvalue weighted by Gasteiger charge is 2.37. The van der Waals surface area contributed by atoms with Crippen molar-refractivity contribution >= 4 is 11.9 Å². The molecule has 0 spiro atoms. The van der Waals surface area contributed by atoms with Crippen molar-refractivity contribution in [2.75, 3.05) is 31.6 Å². The van der Waals surface area contributed by atoms with E-state index in [0.717, 1.165) is 43.3 Å². The summed E-state index contributed by atoms with van der Waals surface area (Å²) in [5.74, 6) is 2.36. The monoisotopic (exact) mass is 366 g/mol. The van der Waals surface area contributed by atoms with E-state index in [4.69, 9.17) is 4.74 Å². The van der Waals surface area contributed by atoms with Crippen LogP contribution in [0.3, 0.4) is 0 Å². The number of anilines is 1. The molecule has 4 heterocycles. The van der Waals surface area contributed by atoms with Crippen molar-refractivity contribution in [2.24, 2.45) is 5.92 Å². The van der Waals surface area contributed by atoms with E-state index >= 15 is 0 Å². The van der Waals surface area contributed by atoms with E-state index in [-0.39, 0.29) is 11.9 Å². The maximum absolute atomic E-state index is 13.0. The number of para-hydroxylation sites is 1. The molecular weight excluding hydrogens is 340 g/mol. The molecule has 27 heavy (non-hydrogen) atoms. The van der Waals surface area contributed by atoms with Gasteiger partial charge in [0.1, 0.15) is 5.75 Å². The van der Waals surface area contributed by atoms with Crippen LogP contribution in [-0.4, -0.2) is 53.6 Å². The van der Waals surface area contributed by atoms with Gasteiger partial charge in [0, 0.05) is 44.5 Å². The zero-order valence-corrected chi connectivity index (χ0v) is 15.8. The third kappa shape index (κ3) is 3.89. The molecule has 142 valence electrons. The van der Waals surface area contributed by atoms with Gasteiger partial charge in [-0.25, -0.2) is 9.97 Å². The number of nitrogens with zero attached hydrogens (tertiary/aromatic N) is 4. The largest absolute Gasteiger partial charge is 0.496 e. The number of carbonyl (C=O) groups is 1. The number of piperidine rings is 1.